The minimum absolute atomic E-state index is 0.124. The van der Waals surface area contributed by atoms with Crippen LogP contribution in [0.15, 0.2) is 78.5 Å². The third-order valence-electron chi connectivity index (χ3n) is 7.36. The van der Waals surface area contributed by atoms with E-state index >= 15 is 0 Å². The van der Waals surface area contributed by atoms with Crippen LogP contribution in [0, 0.1) is 17.1 Å². The number of halogens is 1. The number of unbranched alkanes of at least 4 members (excludes halogenated alkanes) is 4. The zero-order chi connectivity index (χ0) is 28.1. The fourth-order valence-corrected chi connectivity index (χ4v) is 5.34. The molecular formula is C35H32FN3O. The molecule has 40 heavy (non-hydrogen) atoms. The van der Waals surface area contributed by atoms with Crippen LogP contribution in [0.25, 0.3) is 28.5 Å². The number of hydrogen-bond donors (Lipinski definition) is 1. The molecule has 1 heterocycles. The Kier molecular flexibility index (Phi) is 8.17. The van der Waals surface area contributed by atoms with Crippen molar-refractivity contribution >= 4 is 17.5 Å². The summed E-state index contributed by atoms with van der Waals surface area (Å²) in [6.45, 7) is 4.02. The summed E-state index contributed by atoms with van der Waals surface area (Å²) in [7, 11) is 0. The standard InChI is InChI=1S/C35H32FN3O/c1-3-4-5-6-7-12-24-17-19-25(20-18-24)32-28(22-37)31(21-23(2)38-30-16-11-10-15-29(30)36)39-34-26-13-8-9-14-27(26)35(40)33(32)34/h8-11,13-21,38H,3-7,12H2,1-2H3. The van der Waals surface area contributed by atoms with E-state index in [4.69, 9.17) is 4.98 Å². The number of aromatic nitrogens is 1. The number of benzene rings is 3. The zero-order valence-corrected chi connectivity index (χ0v) is 22.9. The Morgan fingerprint density at radius 3 is 2.35 bits per heavy atom. The minimum atomic E-state index is -0.372. The van der Waals surface area contributed by atoms with Crippen LogP contribution in [-0.2, 0) is 6.42 Å². The van der Waals surface area contributed by atoms with Crippen molar-refractivity contribution in [3.05, 3.63) is 112 Å². The van der Waals surface area contributed by atoms with Gasteiger partial charge >= 0.3 is 0 Å². The Morgan fingerprint density at radius 2 is 1.62 bits per heavy atom. The van der Waals surface area contributed by atoms with Crippen LogP contribution in [0.3, 0.4) is 0 Å². The van der Waals surface area contributed by atoms with Crippen LogP contribution >= 0.6 is 0 Å². The zero-order valence-electron chi connectivity index (χ0n) is 22.9. The number of pyridine rings is 1. The second-order valence-electron chi connectivity index (χ2n) is 10.3. The second-order valence-corrected chi connectivity index (χ2v) is 10.3. The number of nitrogens with one attached hydrogen (secondary N) is 1. The molecule has 0 atom stereocenters. The molecule has 0 fully saturated rings. The highest BCUT2D eigenvalue weighted by atomic mass is 19.1. The molecule has 4 aromatic rings. The molecule has 0 aliphatic heterocycles. The predicted molar refractivity (Wildman–Crippen MR) is 159 cm³/mol. The van der Waals surface area contributed by atoms with Crippen molar-refractivity contribution in [1.29, 1.82) is 5.26 Å². The Bertz CT molecular complexity index is 1630. The van der Waals surface area contributed by atoms with E-state index in [1.165, 1.54) is 37.3 Å². The predicted octanol–water partition coefficient (Wildman–Crippen LogP) is 8.96. The number of allylic oxidation sites excluding steroid dienone is 1. The Hall–Kier alpha value is -4.56. The number of carbonyl (C=O) groups excluding carboxylic acids is 1. The van der Waals surface area contributed by atoms with Crippen LogP contribution in [0.4, 0.5) is 10.1 Å². The number of carbonyl (C=O) groups is 1. The van der Waals surface area contributed by atoms with Gasteiger partial charge in [-0.15, -0.1) is 0 Å². The van der Waals surface area contributed by atoms with Crippen molar-refractivity contribution < 1.29 is 9.18 Å². The topological polar surface area (TPSA) is 65.8 Å². The van der Waals surface area contributed by atoms with Gasteiger partial charge in [-0.05, 0) is 49.1 Å². The maximum Gasteiger partial charge on any atom is 0.196 e. The Balaban J connectivity index is 1.58. The van der Waals surface area contributed by atoms with Crippen molar-refractivity contribution in [1.82, 2.24) is 4.98 Å². The number of nitriles is 1. The highest BCUT2D eigenvalue weighted by molar-refractivity contribution is 6.24. The lowest BCUT2D eigenvalue weighted by Gasteiger charge is -2.14. The average molecular weight is 530 g/mol. The summed E-state index contributed by atoms with van der Waals surface area (Å²) in [6.07, 6.45) is 8.86. The van der Waals surface area contributed by atoms with Crippen molar-refractivity contribution in [2.45, 2.75) is 52.4 Å². The number of aryl methyl sites for hydroxylation is 1. The molecule has 0 saturated heterocycles. The molecule has 0 spiro atoms. The molecule has 1 aliphatic rings. The Labute approximate surface area is 235 Å². The molecule has 1 aromatic heterocycles. The first-order valence-electron chi connectivity index (χ1n) is 13.9. The number of nitrogens with zero attached hydrogens (tertiary/aromatic N) is 2. The van der Waals surface area contributed by atoms with Crippen LogP contribution in [0.1, 0.15) is 78.7 Å². The highest BCUT2D eigenvalue weighted by Crippen LogP contribution is 2.43. The molecule has 1 aliphatic carbocycles. The number of anilines is 1. The van der Waals surface area contributed by atoms with Gasteiger partial charge < -0.3 is 5.32 Å². The molecular weight excluding hydrogens is 497 g/mol. The van der Waals surface area contributed by atoms with Crippen LogP contribution in [-0.4, -0.2) is 10.8 Å². The lowest BCUT2D eigenvalue weighted by atomic mass is 9.91. The van der Waals surface area contributed by atoms with Gasteiger partial charge in [0.05, 0.1) is 28.2 Å². The fraction of sp³-hybridized carbons (Fsp3) is 0.229. The summed E-state index contributed by atoms with van der Waals surface area (Å²) < 4.78 is 14.3. The van der Waals surface area contributed by atoms with Gasteiger partial charge in [0.1, 0.15) is 11.9 Å². The molecule has 3 aromatic carbocycles. The van der Waals surface area contributed by atoms with E-state index in [0.717, 1.165) is 24.0 Å². The lowest BCUT2D eigenvalue weighted by molar-refractivity contribution is 0.104. The SMILES string of the molecule is CCCCCCCc1ccc(-c2c(C#N)c(C=C(C)Nc3ccccc3F)nc3c2C(=O)c2ccccc2-3)cc1. The summed E-state index contributed by atoms with van der Waals surface area (Å²) >= 11 is 0. The number of hydrogen-bond acceptors (Lipinski definition) is 4. The molecule has 0 amide bonds. The van der Waals surface area contributed by atoms with Gasteiger partial charge in [-0.3, -0.25) is 4.79 Å². The molecule has 0 radical (unpaired) electrons. The van der Waals surface area contributed by atoms with E-state index in [1.54, 1.807) is 37.3 Å². The first-order valence-corrected chi connectivity index (χ1v) is 13.9. The Morgan fingerprint density at radius 1 is 0.925 bits per heavy atom. The van der Waals surface area contributed by atoms with Crippen LogP contribution < -0.4 is 5.32 Å². The van der Waals surface area contributed by atoms with Gasteiger partial charge in [-0.2, -0.15) is 5.26 Å². The van der Waals surface area contributed by atoms with E-state index in [1.807, 2.05) is 30.3 Å². The highest BCUT2D eigenvalue weighted by Gasteiger charge is 2.33. The summed E-state index contributed by atoms with van der Waals surface area (Å²) in [6, 6.07) is 24.4. The fourth-order valence-electron chi connectivity index (χ4n) is 5.34. The average Bonchev–Trinajstić information content (AvgIpc) is 3.25. The molecule has 5 rings (SSSR count). The monoisotopic (exact) mass is 529 g/mol. The molecule has 0 unspecified atom stereocenters. The molecule has 1 N–H and O–H groups in total. The third-order valence-corrected chi connectivity index (χ3v) is 7.36. The van der Waals surface area contributed by atoms with Gasteiger partial charge in [-0.25, -0.2) is 9.37 Å². The first kappa shape index (κ1) is 27.0. The van der Waals surface area contributed by atoms with Crippen molar-refractivity contribution in [2.75, 3.05) is 5.32 Å². The van der Waals surface area contributed by atoms with E-state index in [2.05, 4.69) is 30.4 Å². The largest absolute Gasteiger partial charge is 0.357 e. The molecule has 200 valence electrons. The van der Waals surface area contributed by atoms with Crippen molar-refractivity contribution in [2.24, 2.45) is 0 Å². The summed E-state index contributed by atoms with van der Waals surface area (Å²) in [5, 5.41) is 13.4. The quantitative estimate of drug-likeness (QED) is 0.183. The van der Waals surface area contributed by atoms with Gasteiger partial charge in [-0.1, -0.05) is 93.3 Å². The van der Waals surface area contributed by atoms with Gasteiger partial charge in [0, 0.05) is 22.4 Å². The second kappa shape index (κ2) is 12.1. The molecule has 0 bridgehead atoms. The minimum Gasteiger partial charge on any atom is -0.357 e. The maximum atomic E-state index is 14.3. The number of rotatable bonds is 10. The summed E-state index contributed by atoms with van der Waals surface area (Å²) in [5.74, 6) is -0.496. The molecule has 0 saturated carbocycles. The van der Waals surface area contributed by atoms with Gasteiger partial charge in [0.2, 0.25) is 0 Å². The number of ketones is 1. The number of para-hydroxylation sites is 1. The van der Waals surface area contributed by atoms with Gasteiger partial charge in [0.15, 0.2) is 5.78 Å². The normalized spacial score (nSPS) is 12.2. The smallest absolute Gasteiger partial charge is 0.196 e. The van der Waals surface area contributed by atoms with E-state index in [0.29, 0.717) is 45.0 Å². The first-order chi connectivity index (χ1) is 19.5. The molecule has 5 heteroatoms. The van der Waals surface area contributed by atoms with E-state index < -0.39 is 0 Å². The van der Waals surface area contributed by atoms with E-state index in [9.17, 15) is 14.4 Å². The molecule has 4 nitrogen and oxygen atoms in total. The maximum absolute atomic E-state index is 14.3. The van der Waals surface area contributed by atoms with Crippen molar-refractivity contribution in [3.63, 3.8) is 0 Å². The van der Waals surface area contributed by atoms with E-state index in [-0.39, 0.29) is 11.6 Å². The van der Waals surface area contributed by atoms with Crippen LogP contribution in [0.2, 0.25) is 0 Å². The summed E-state index contributed by atoms with van der Waals surface area (Å²) in [4.78, 5) is 18.5. The summed E-state index contributed by atoms with van der Waals surface area (Å²) in [5.41, 5.74) is 6.72. The lowest BCUT2D eigenvalue weighted by Crippen LogP contribution is -2.05. The third kappa shape index (κ3) is 5.44. The van der Waals surface area contributed by atoms with Gasteiger partial charge in [0.25, 0.3) is 0 Å². The van der Waals surface area contributed by atoms with Crippen LogP contribution in [0.5, 0.6) is 0 Å². The van der Waals surface area contributed by atoms with Crippen molar-refractivity contribution in [3.8, 4) is 28.5 Å². The number of fused-ring (bicyclic) bond motifs is 3.